The molecule has 1 aliphatic rings. The van der Waals surface area contributed by atoms with Crippen molar-refractivity contribution in [2.45, 2.75) is 49.8 Å². The van der Waals surface area contributed by atoms with Crippen LogP contribution in [0.4, 0.5) is 0 Å². The van der Waals surface area contributed by atoms with Gasteiger partial charge >= 0.3 is 0 Å². The van der Waals surface area contributed by atoms with E-state index in [1.165, 1.54) is 0 Å². The van der Waals surface area contributed by atoms with Gasteiger partial charge in [0, 0.05) is 6.54 Å². The minimum absolute atomic E-state index is 0.0388. The molecule has 2 N–H and O–H groups in total. The van der Waals surface area contributed by atoms with E-state index in [9.17, 15) is 8.42 Å². The lowest BCUT2D eigenvalue weighted by atomic mass is 9.87. The molecule has 2 rings (SSSR count). The standard InChI is InChI=1S/C14H21NO4S/c1-14(2,3)10-4-6-11(7-5-10)20(18,19)15-9-8-12(15)13(16)17/h4-7,12-13,16-17H,8-9H2,1-3H3/t12-/m0/s1. The maximum absolute atomic E-state index is 12.4. The van der Waals surface area contributed by atoms with Gasteiger partial charge in [-0.3, -0.25) is 0 Å². The molecule has 1 aromatic rings. The second-order valence-corrected chi connectivity index (χ2v) is 8.05. The SMILES string of the molecule is CC(C)(C)c1ccc(S(=O)(=O)N2CC[C@H]2C(O)O)cc1. The summed E-state index contributed by atoms with van der Waals surface area (Å²) >= 11 is 0. The van der Waals surface area contributed by atoms with Crippen LogP contribution in [0.3, 0.4) is 0 Å². The molecule has 5 nitrogen and oxygen atoms in total. The molecule has 0 aromatic heterocycles. The average Bonchev–Trinajstić information content (AvgIpc) is 2.25. The Labute approximate surface area is 119 Å². The fourth-order valence-electron chi connectivity index (χ4n) is 2.24. The highest BCUT2D eigenvalue weighted by molar-refractivity contribution is 7.89. The van der Waals surface area contributed by atoms with Crippen LogP contribution >= 0.6 is 0 Å². The molecular weight excluding hydrogens is 278 g/mol. The van der Waals surface area contributed by atoms with Crippen molar-refractivity contribution >= 4 is 10.0 Å². The van der Waals surface area contributed by atoms with Gasteiger partial charge < -0.3 is 10.2 Å². The van der Waals surface area contributed by atoms with E-state index in [1.807, 2.05) is 0 Å². The van der Waals surface area contributed by atoms with Crippen LogP contribution in [-0.4, -0.2) is 41.8 Å². The van der Waals surface area contributed by atoms with Crippen molar-refractivity contribution < 1.29 is 18.6 Å². The number of aliphatic hydroxyl groups excluding tert-OH is 1. The number of nitrogens with zero attached hydrogens (tertiary/aromatic N) is 1. The largest absolute Gasteiger partial charge is 0.367 e. The van der Waals surface area contributed by atoms with Crippen LogP contribution in [0, 0.1) is 0 Å². The average molecular weight is 299 g/mol. The zero-order chi connectivity index (χ0) is 15.1. The number of rotatable bonds is 3. The Hall–Kier alpha value is -0.950. The summed E-state index contributed by atoms with van der Waals surface area (Å²) in [6.07, 6.45) is -1.16. The van der Waals surface area contributed by atoms with Gasteiger partial charge in [-0.1, -0.05) is 32.9 Å². The lowest BCUT2D eigenvalue weighted by Crippen LogP contribution is -2.56. The van der Waals surface area contributed by atoms with Gasteiger partial charge in [0.1, 0.15) is 0 Å². The Balaban J connectivity index is 2.27. The molecule has 0 unspecified atom stereocenters. The molecule has 1 fully saturated rings. The van der Waals surface area contributed by atoms with E-state index in [4.69, 9.17) is 10.2 Å². The molecule has 6 heteroatoms. The third kappa shape index (κ3) is 2.74. The molecule has 0 amide bonds. The molecule has 112 valence electrons. The molecule has 0 radical (unpaired) electrons. The normalized spacial score (nSPS) is 21.0. The Kier molecular flexibility index (Phi) is 3.94. The number of hydrogen-bond donors (Lipinski definition) is 2. The van der Waals surface area contributed by atoms with Gasteiger partial charge in [0.15, 0.2) is 6.29 Å². The van der Waals surface area contributed by atoms with Crippen LogP contribution in [0.25, 0.3) is 0 Å². The summed E-state index contributed by atoms with van der Waals surface area (Å²) in [7, 11) is -3.65. The van der Waals surface area contributed by atoms with Crippen molar-refractivity contribution in [3.05, 3.63) is 29.8 Å². The smallest absolute Gasteiger partial charge is 0.243 e. The summed E-state index contributed by atoms with van der Waals surface area (Å²) in [4.78, 5) is 0.191. The van der Waals surface area contributed by atoms with E-state index >= 15 is 0 Å². The van der Waals surface area contributed by atoms with Crippen LogP contribution in [-0.2, 0) is 15.4 Å². The summed E-state index contributed by atoms with van der Waals surface area (Å²) in [5.74, 6) is 0. The van der Waals surface area contributed by atoms with E-state index in [-0.39, 0.29) is 10.3 Å². The predicted octanol–water partition coefficient (Wildman–Crippen LogP) is 1.06. The molecule has 1 heterocycles. The first-order valence-corrected chi connectivity index (χ1v) is 8.06. The minimum Gasteiger partial charge on any atom is -0.367 e. The maximum Gasteiger partial charge on any atom is 0.243 e. The molecule has 1 saturated heterocycles. The first-order valence-electron chi connectivity index (χ1n) is 6.62. The van der Waals surface area contributed by atoms with Crippen molar-refractivity contribution in [3.8, 4) is 0 Å². The van der Waals surface area contributed by atoms with Crippen molar-refractivity contribution in [2.24, 2.45) is 0 Å². The van der Waals surface area contributed by atoms with E-state index in [1.54, 1.807) is 24.3 Å². The monoisotopic (exact) mass is 299 g/mol. The van der Waals surface area contributed by atoms with E-state index in [0.29, 0.717) is 13.0 Å². The van der Waals surface area contributed by atoms with E-state index in [2.05, 4.69) is 20.8 Å². The molecule has 1 atom stereocenters. The molecule has 0 saturated carbocycles. The van der Waals surface area contributed by atoms with Crippen LogP contribution in [0.5, 0.6) is 0 Å². The van der Waals surface area contributed by atoms with E-state index < -0.39 is 22.4 Å². The second kappa shape index (κ2) is 5.11. The number of aliphatic hydroxyl groups is 2. The summed E-state index contributed by atoms with van der Waals surface area (Å²) < 4.78 is 25.9. The second-order valence-electron chi connectivity index (χ2n) is 6.16. The fraction of sp³-hybridized carbons (Fsp3) is 0.571. The molecule has 1 aliphatic heterocycles. The maximum atomic E-state index is 12.4. The highest BCUT2D eigenvalue weighted by Crippen LogP contribution is 2.30. The van der Waals surface area contributed by atoms with Gasteiger partial charge in [-0.25, -0.2) is 8.42 Å². The topological polar surface area (TPSA) is 77.8 Å². The lowest BCUT2D eigenvalue weighted by Gasteiger charge is -2.40. The molecule has 0 aliphatic carbocycles. The Morgan fingerprint density at radius 1 is 1.20 bits per heavy atom. The number of sulfonamides is 1. The quantitative estimate of drug-likeness (QED) is 0.818. The molecule has 0 bridgehead atoms. The van der Waals surface area contributed by atoms with Crippen molar-refractivity contribution in [2.75, 3.05) is 6.54 Å². The van der Waals surface area contributed by atoms with Gasteiger partial charge in [0.05, 0.1) is 10.9 Å². The minimum atomic E-state index is -3.65. The summed E-state index contributed by atoms with van der Waals surface area (Å²) in [6.45, 7) is 6.50. The van der Waals surface area contributed by atoms with Gasteiger partial charge in [0.25, 0.3) is 0 Å². The third-order valence-electron chi connectivity index (χ3n) is 3.69. The number of benzene rings is 1. The first-order chi connectivity index (χ1) is 9.14. The number of hydrogen-bond acceptors (Lipinski definition) is 4. The van der Waals surface area contributed by atoms with Gasteiger partial charge in [-0.2, -0.15) is 4.31 Å². The van der Waals surface area contributed by atoms with Gasteiger partial charge in [-0.05, 0) is 29.5 Å². The van der Waals surface area contributed by atoms with Gasteiger partial charge in [0.2, 0.25) is 10.0 Å². The van der Waals surface area contributed by atoms with Crippen molar-refractivity contribution in [1.29, 1.82) is 0 Å². The molecule has 0 spiro atoms. The molecule has 1 aromatic carbocycles. The first kappa shape index (κ1) is 15.4. The highest BCUT2D eigenvalue weighted by atomic mass is 32.2. The lowest BCUT2D eigenvalue weighted by molar-refractivity contribution is -0.109. The van der Waals surface area contributed by atoms with Crippen molar-refractivity contribution in [1.82, 2.24) is 4.31 Å². The Bertz CT molecular complexity index is 572. The Morgan fingerprint density at radius 2 is 1.75 bits per heavy atom. The Morgan fingerprint density at radius 3 is 2.10 bits per heavy atom. The van der Waals surface area contributed by atoms with Crippen LogP contribution in [0.2, 0.25) is 0 Å². The zero-order valence-corrected chi connectivity index (χ0v) is 12.8. The molecule has 20 heavy (non-hydrogen) atoms. The third-order valence-corrected chi connectivity index (χ3v) is 5.62. The zero-order valence-electron chi connectivity index (χ0n) is 11.9. The van der Waals surface area contributed by atoms with Crippen LogP contribution < -0.4 is 0 Å². The fourth-order valence-corrected chi connectivity index (χ4v) is 3.91. The van der Waals surface area contributed by atoms with Crippen molar-refractivity contribution in [3.63, 3.8) is 0 Å². The molecular formula is C14H21NO4S. The summed E-state index contributed by atoms with van der Waals surface area (Å²) in [6, 6.07) is 6.03. The summed E-state index contributed by atoms with van der Waals surface area (Å²) in [5, 5.41) is 18.3. The van der Waals surface area contributed by atoms with E-state index in [0.717, 1.165) is 9.87 Å². The van der Waals surface area contributed by atoms with Crippen LogP contribution in [0.1, 0.15) is 32.8 Å². The summed E-state index contributed by atoms with van der Waals surface area (Å²) in [5.41, 5.74) is 1.02. The van der Waals surface area contributed by atoms with Gasteiger partial charge in [-0.15, -0.1) is 0 Å². The predicted molar refractivity (Wildman–Crippen MR) is 75.7 cm³/mol. The highest BCUT2D eigenvalue weighted by Gasteiger charge is 2.41. The van der Waals surface area contributed by atoms with Crippen LogP contribution in [0.15, 0.2) is 29.2 Å².